The highest BCUT2D eigenvalue weighted by Crippen LogP contribution is 2.45. The smallest absolute Gasteiger partial charge is 0.224 e. The molecule has 1 spiro atoms. The summed E-state index contributed by atoms with van der Waals surface area (Å²) in [5.41, 5.74) is 1.02. The Kier molecular flexibility index (Phi) is 5.63. The zero-order chi connectivity index (χ0) is 20.7. The molecular formula is C21H30O8. The third-order valence-corrected chi connectivity index (χ3v) is 5.24. The zero-order valence-electron chi connectivity index (χ0n) is 17.6. The molecule has 4 rings (SSSR count). The number of hydrogen-bond acceptors (Lipinski definition) is 8. The standard InChI is InChI=1S/C21H30O8/c1-19(2)26-12-21(29-19)18(17-16(11-25-21)27-20(3,4)28-17)24-13-23-10-14-6-8-15(22-5)9-7-14/h6-9,16-18H,10-13H2,1-5H3/t16-,17+,18+,21+/m1/s1. The summed E-state index contributed by atoms with van der Waals surface area (Å²) in [6.07, 6.45) is -1.14. The Balaban J connectivity index is 1.41. The van der Waals surface area contributed by atoms with Crippen molar-refractivity contribution in [2.75, 3.05) is 27.1 Å². The molecule has 1 aromatic carbocycles. The van der Waals surface area contributed by atoms with Crippen LogP contribution in [0.1, 0.15) is 33.3 Å². The number of benzene rings is 1. The van der Waals surface area contributed by atoms with E-state index in [1.807, 2.05) is 52.0 Å². The summed E-state index contributed by atoms with van der Waals surface area (Å²) in [5.74, 6) is -1.74. The third kappa shape index (κ3) is 4.44. The highest BCUT2D eigenvalue weighted by atomic mass is 16.9. The summed E-state index contributed by atoms with van der Waals surface area (Å²) in [7, 11) is 1.64. The van der Waals surface area contributed by atoms with Gasteiger partial charge in [0.25, 0.3) is 0 Å². The monoisotopic (exact) mass is 410 g/mol. The number of methoxy groups -OCH3 is 1. The minimum Gasteiger partial charge on any atom is -0.497 e. The first-order valence-electron chi connectivity index (χ1n) is 9.88. The second-order valence-electron chi connectivity index (χ2n) is 8.45. The molecule has 0 unspecified atom stereocenters. The van der Waals surface area contributed by atoms with Crippen molar-refractivity contribution >= 4 is 0 Å². The summed E-state index contributed by atoms with van der Waals surface area (Å²) in [6.45, 7) is 8.52. The van der Waals surface area contributed by atoms with Gasteiger partial charge in [0.1, 0.15) is 37.5 Å². The predicted molar refractivity (Wildman–Crippen MR) is 101 cm³/mol. The molecular weight excluding hydrogens is 380 g/mol. The first-order chi connectivity index (χ1) is 13.7. The van der Waals surface area contributed by atoms with Crippen molar-refractivity contribution in [3.05, 3.63) is 29.8 Å². The van der Waals surface area contributed by atoms with Crippen LogP contribution in [0.15, 0.2) is 24.3 Å². The van der Waals surface area contributed by atoms with Gasteiger partial charge in [-0.05, 0) is 45.4 Å². The van der Waals surface area contributed by atoms with E-state index >= 15 is 0 Å². The molecule has 3 fully saturated rings. The van der Waals surface area contributed by atoms with Crippen molar-refractivity contribution < 1.29 is 37.9 Å². The fourth-order valence-electron chi connectivity index (χ4n) is 3.99. The van der Waals surface area contributed by atoms with E-state index in [2.05, 4.69) is 0 Å². The summed E-state index contributed by atoms with van der Waals surface area (Å²) < 4.78 is 47.1. The van der Waals surface area contributed by atoms with Crippen molar-refractivity contribution in [1.29, 1.82) is 0 Å². The zero-order valence-corrected chi connectivity index (χ0v) is 17.6. The largest absolute Gasteiger partial charge is 0.497 e. The fourth-order valence-corrected chi connectivity index (χ4v) is 3.99. The van der Waals surface area contributed by atoms with Crippen molar-refractivity contribution in [2.45, 2.75) is 70.0 Å². The second-order valence-corrected chi connectivity index (χ2v) is 8.45. The molecule has 0 bridgehead atoms. The minimum atomic E-state index is -1.06. The maximum atomic E-state index is 6.13. The molecule has 8 nitrogen and oxygen atoms in total. The van der Waals surface area contributed by atoms with Crippen LogP contribution in [0.3, 0.4) is 0 Å². The number of hydrogen-bond donors (Lipinski definition) is 0. The average molecular weight is 410 g/mol. The van der Waals surface area contributed by atoms with Crippen LogP contribution in [0.2, 0.25) is 0 Å². The fraction of sp³-hybridized carbons (Fsp3) is 0.714. The van der Waals surface area contributed by atoms with E-state index in [-0.39, 0.29) is 25.6 Å². The maximum Gasteiger partial charge on any atom is 0.224 e. The topological polar surface area (TPSA) is 73.8 Å². The summed E-state index contributed by atoms with van der Waals surface area (Å²) in [5, 5.41) is 0. The molecule has 3 aliphatic rings. The molecule has 1 aromatic rings. The minimum absolute atomic E-state index is 0.0542. The van der Waals surface area contributed by atoms with E-state index in [9.17, 15) is 0 Å². The first-order valence-corrected chi connectivity index (χ1v) is 9.88. The second kappa shape index (κ2) is 7.77. The molecule has 0 amide bonds. The van der Waals surface area contributed by atoms with Crippen molar-refractivity contribution in [3.63, 3.8) is 0 Å². The number of ether oxygens (including phenoxy) is 8. The Labute approximate surface area is 171 Å². The molecule has 8 heteroatoms. The number of rotatable bonds is 6. The van der Waals surface area contributed by atoms with Gasteiger partial charge in [-0.15, -0.1) is 0 Å². The summed E-state index contributed by atoms with van der Waals surface area (Å²) >= 11 is 0. The molecule has 3 aliphatic heterocycles. The summed E-state index contributed by atoms with van der Waals surface area (Å²) in [4.78, 5) is 0. The third-order valence-electron chi connectivity index (χ3n) is 5.24. The maximum absolute atomic E-state index is 6.13. The average Bonchev–Trinajstić information content (AvgIpc) is 3.16. The van der Waals surface area contributed by atoms with Crippen LogP contribution in [-0.4, -0.2) is 62.8 Å². The van der Waals surface area contributed by atoms with E-state index in [0.29, 0.717) is 13.2 Å². The van der Waals surface area contributed by atoms with Crippen LogP contribution >= 0.6 is 0 Å². The highest BCUT2D eigenvalue weighted by molar-refractivity contribution is 5.26. The lowest BCUT2D eigenvalue weighted by Gasteiger charge is -2.43. The van der Waals surface area contributed by atoms with E-state index in [1.165, 1.54) is 0 Å². The van der Waals surface area contributed by atoms with Crippen molar-refractivity contribution in [2.24, 2.45) is 0 Å². The van der Waals surface area contributed by atoms with Crippen molar-refractivity contribution in [1.82, 2.24) is 0 Å². The van der Waals surface area contributed by atoms with Gasteiger partial charge >= 0.3 is 0 Å². The van der Waals surface area contributed by atoms with Gasteiger partial charge in [0, 0.05) is 0 Å². The van der Waals surface area contributed by atoms with E-state index in [4.69, 9.17) is 37.9 Å². The predicted octanol–water partition coefficient (Wildman–Crippen LogP) is 2.58. The molecule has 0 aromatic heterocycles. The van der Waals surface area contributed by atoms with E-state index < -0.39 is 23.5 Å². The van der Waals surface area contributed by atoms with Gasteiger partial charge in [-0.3, -0.25) is 0 Å². The Bertz CT molecular complexity index is 701. The van der Waals surface area contributed by atoms with Crippen LogP contribution < -0.4 is 4.74 Å². The van der Waals surface area contributed by atoms with E-state index in [0.717, 1.165) is 11.3 Å². The molecule has 0 N–H and O–H groups in total. The SMILES string of the molecule is COc1ccc(COCO[C@H]2[C@H]3OC(C)(C)O[C@@H]3CO[C@]23COC(C)(C)O3)cc1. The molecule has 4 atom stereocenters. The lowest BCUT2D eigenvalue weighted by molar-refractivity contribution is -0.343. The molecule has 3 saturated heterocycles. The Morgan fingerprint density at radius 1 is 1.00 bits per heavy atom. The molecule has 29 heavy (non-hydrogen) atoms. The van der Waals surface area contributed by atoms with Gasteiger partial charge in [-0.25, -0.2) is 0 Å². The van der Waals surface area contributed by atoms with Gasteiger partial charge in [-0.1, -0.05) is 12.1 Å². The number of fused-ring (bicyclic) bond motifs is 1. The lowest BCUT2D eigenvalue weighted by atomic mass is 9.97. The molecule has 3 heterocycles. The van der Waals surface area contributed by atoms with Gasteiger partial charge in [0.05, 0.1) is 20.3 Å². The Morgan fingerprint density at radius 3 is 2.41 bits per heavy atom. The Morgan fingerprint density at radius 2 is 1.76 bits per heavy atom. The molecule has 0 aliphatic carbocycles. The van der Waals surface area contributed by atoms with Crippen LogP contribution in [0, 0.1) is 0 Å². The van der Waals surface area contributed by atoms with Gasteiger partial charge in [-0.2, -0.15) is 0 Å². The summed E-state index contributed by atoms with van der Waals surface area (Å²) in [6, 6.07) is 7.69. The quantitative estimate of drug-likeness (QED) is 0.523. The Hall–Kier alpha value is -1.26. The molecule has 0 saturated carbocycles. The van der Waals surface area contributed by atoms with Crippen LogP contribution in [0.4, 0.5) is 0 Å². The van der Waals surface area contributed by atoms with Crippen LogP contribution in [0.5, 0.6) is 5.75 Å². The van der Waals surface area contributed by atoms with Gasteiger partial charge in [0.15, 0.2) is 11.6 Å². The van der Waals surface area contributed by atoms with Crippen molar-refractivity contribution in [3.8, 4) is 5.75 Å². The van der Waals surface area contributed by atoms with Crippen LogP contribution in [-0.2, 0) is 39.8 Å². The van der Waals surface area contributed by atoms with E-state index in [1.54, 1.807) is 7.11 Å². The first kappa shape index (κ1) is 21.0. The lowest BCUT2D eigenvalue weighted by Crippen LogP contribution is -2.62. The molecule has 0 radical (unpaired) electrons. The van der Waals surface area contributed by atoms with Gasteiger partial charge in [0.2, 0.25) is 5.79 Å². The van der Waals surface area contributed by atoms with Crippen LogP contribution in [0.25, 0.3) is 0 Å². The normalized spacial score (nSPS) is 35.0. The highest BCUT2D eigenvalue weighted by Gasteiger charge is 2.63. The molecule has 162 valence electrons. The van der Waals surface area contributed by atoms with Gasteiger partial charge < -0.3 is 37.9 Å².